The molecule has 14 heteroatoms. The average molecular weight is 559 g/mol. The van der Waals surface area contributed by atoms with E-state index in [0.717, 1.165) is 0 Å². The molecule has 1 atom stereocenters. The smallest absolute Gasteiger partial charge is 0.324 e. The van der Waals surface area contributed by atoms with Gasteiger partial charge in [0.05, 0.1) is 35.6 Å². The average Bonchev–Trinajstić information content (AvgIpc) is 3.51. The van der Waals surface area contributed by atoms with Gasteiger partial charge in [0.1, 0.15) is 6.04 Å². The van der Waals surface area contributed by atoms with Gasteiger partial charge in [0.25, 0.3) is 5.56 Å². The fourth-order valence-electron chi connectivity index (χ4n) is 4.09. The minimum Gasteiger partial charge on any atom is -0.324 e. The predicted molar refractivity (Wildman–Crippen MR) is 138 cm³/mol. The quantitative estimate of drug-likeness (QED) is 0.296. The van der Waals surface area contributed by atoms with E-state index in [0.29, 0.717) is 37.7 Å². The van der Waals surface area contributed by atoms with E-state index >= 15 is 0 Å². The number of fused-ring (bicyclic) bond motifs is 1. The summed E-state index contributed by atoms with van der Waals surface area (Å²) in [7, 11) is 0. The van der Waals surface area contributed by atoms with Gasteiger partial charge in [-0.3, -0.25) is 14.2 Å². The largest absolute Gasteiger partial charge is 0.333 e. The lowest BCUT2D eigenvalue weighted by Gasteiger charge is -2.18. The Bertz CT molecular complexity index is 1720. The number of hydrogen-bond donors (Lipinski definition) is 1. The van der Waals surface area contributed by atoms with Crippen LogP contribution >= 0.6 is 23.2 Å². The Morgan fingerprint density at radius 1 is 1.13 bits per heavy atom. The number of aromatic nitrogens is 7. The summed E-state index contributed by atoms with van der Waals surface area (Å²) in [4.78, 5) is 30.6. The topological polar surface area (TPSA) is 113 Å². The molecular formula is C24H18Cl2F2N8O2. The third-order valence-corrected chi connectivity index (χ3v) is 6.26. The van der Waals surface area contributed by atoms with E-state index in [1.807, 2.05) is 0 Å². The molecule has 2 aromatic carbocycles. The number of nitrogens with zero attached hydrogens (tertiary/aromatic N) is 7. The molecule has 3 heterocycles. The first-order valence-electron chi connectivity index (χ1n) is 11.3. The molecule has 0 aliphatic heterocycles. The summed E-state index contributed by atoms with van der Waals surface area (Å²) >= 11 is 12.1. The maximum Gasteiger partial charge on any atom is 0.333 e. The van der Waals surface area contributed by atoms with Crippen LogP contribution in [0.15, 0.2) is 66.0 Å². The van der Waals surface area contributed by atoms with E-state index in [1.54, 1.807) is 25.1 Å². The second kappa shape index (κ2) is 10.3. The second-order valence-corrected chi connectivity index (χ2v) is 9.04. The molecule has 5 aromatic rings. The lowest BCUT2D eigenvalue weighted by atomic mass is 10.1. The van der Waals surface area contributed by atoms with Crippen LogP contribution in [0.5, 0.6) is 0 Å². The number of carbonyl (C=O) groups is 1. The van der Waals surface area contributed by atoms with Crippen molar-refractivity contribution < 1.29 is 13.6 Å². The molecule has 0 bridgehead atoms. The number of halogens is 4. The SMILES string of the molecule is CCC(C(=O)Nc1ccc2c(cnn2C(F)F)c1)n1cnc(-c2cc(Cl)ccc2-n2cc(Cl)nn2)cc1=O. The number of carbonyl (C=O) groups excluding carboxylic acids is 1. The zero-order valence-electron chi connectivity index (χ0n) is 19.6. The van der Waals surface area contributed by atoms with Crippen LogP contribution in [0.3, 0.4) is 0 Å². The molecule has 10 nitrogen and oxygen atoms in total. The summed E-state index contributed by atoms with van der Waals surface area (Å²) < 4.78 is 29.4. The molecular weight excluding hydrogens is 541 g/mol. The Balaban J connectivity index is 1.43. The highest BCUT2D eigenvalue weighted by atomic mass is 35.5. The Morgan fingerprint density at radius 3 is 2.63 bits per heavy atom. The lowest BCUT2D eigenvalue weighted by Crippen LogP contribution is -2.33. The molecule has 0 saturated heterocycles. The van der Waals surface area contributed by atoms with E-state index in [-0.39, 0.29) is 17.1 Å². The zero-order chi connectivity index (χ0) is 27.0. The Morgan fingerprint density at radius 2 is 1.95 bits per heavy atom. The molecule has 1 unspecified atom stereocenters. The Kier molecular flexibility index (Phi) is 6.91. The maximum absolute atomic E-state index is 13.1. The first kappa shape index (κ1) is 25.5. The third kappa shape index (κ3) is 4.87. The van der Waals surface area contributed by atoms with Gasteiger partial charge in [0.2, 0.25) is 5.91 Å². The summed E-state index contributed by atoms with van der Waals surface area (Å²) in [5, 5.41) is 15.2. The first-order chi connectivity index (χ1) is 18.2. The van der Waals surface area contributed by atoms with E-state index in [1.165, 1.54) is 52.2 Å². The first-order valence-corrected chi connectivity index (χ1v) is 12.0. The summed E-state index contributed by atoms with van der Waals surface area (Å²) in [5.74, 6) is -0.467. The minimum atomic E-state index is -2.78. The van der Waals surface area contributed by atoms with Gasteiger partial charge >= 0.3 is 6.55 Å². The molecule has 0 radical (unpaired) electrons. The normalized spacial score (nSPS) is 12.3. The zero-order valence-corrected chi connectivity index (χ0v) is 21.1. The van der Waals surface area contributed by atoms with E-state index < -0.39 is 24.1 Å². The number of nitrogens with one attached hydrogen (secondary N) is 1. The van der Waals surface area contributed by atoms with Crippen LogP contribution in [0.4, 0.5) is 14.5 Å². The van der Waals surface area contributed by atoms with Crippen LogP contribution in [0.1, 0.15) is 25.9 Å². The number of hydrogen-bond acceptors (Lipinski definition) is 6. The van der Waals surface area contributed by atoms with Crippen LogP contribution in [0.25, 0.3) is 27.8 Å². The molecule has 0 fully saturated rings. The fraction of sp³-hybridized carbons (Fsp3) is 0.167. The van der Waals surface area contributed by atoms with Crippen molar-refractivity contribution in [3.63, 3.8) is 0 Å². The summed E-state index contributed by atoms with van der Waals surface area (Å²) in [5.41, 5.74) is 1.52. The standard InChI is InChI=1S/C24H18Cl2F2N8O2/c1-2-18(23(38)31-15-4-6-19-13(7-15)10-30-36(19)24(27)28)34-12-29-17(9-22(34)37)16-8-14(25)3-5-20(16)35-11-21(26)32-33-35/h3-12,18,24H,2H2,1H3,(H,31,38). The van der Waals surface area contributed by atoms with Gasteiger partial charge in [-0.1, -0.05) is 35.3 Å². The van der Waals surface area contributed by atoms with Crippen LogP contribution < -0.4 is 10.9 Å². The van der Waals surface area contributed by atoms with Crippen LogP contribution in [-0.2, 0) is 4.79 Å². The number of amides is 1. The highest BCUT2D eigenvalue weighted by molar-refractivity contribution is 6.31. The van der Waals surface area contributed by atoms with E-state index in [9.17, 15) is 18.4 Å². The molecule has 0 saturated carbocycles. The summed E-state index contributed by atoms with van der Waals surface area (Å²) in [6.45, 7) is -1.03. The van der Waals surface area contributed by atoms with Gasteiger partial charge in [-0.2, -0.15) is 13.9 Å². The number of anilines is 1. The van der Waals surface area contributed by atoms with Gasteiger partial charge < -0.3 is 5.32 Å². The van der Waals surface area contributed by atoms with Crippen molar-refractivity contribution >= 4 is 45.7 Å². The van der Waals surface area contributed by atoms with Crippen molar-refractivity contribution in [1.29, 1.82) is 0 Å². The van der Waals surface area contributed by atoms with Crippen LogP contribution in [0.2, 0.25) is 10.2 Å². The lowest BCUT2D eigenvalue weighted by molar-refractivity contribution is -0.119. The van der Waals surface area contributed by atoms with Crippen LogP contribution in [-0.4, -0.2) is 40.2 Å². The molecule has 3 aromatic heterocycles. The summed E-state index contributed by atoms with van der Waals surface area (Å²) in [6, 6.07) is 9.88. The summed E-state index contributed by atoms with van der Waals surface area (Å²) in [6.07, 6.45) is 4.38. The van der Waals surface area contributed by atoms with Crippen molar-refractivity contribution in [2.75, 3.05) is 5.32 Å². The monoisotopic (exact) mass is 558 g/mol. The Labute approximate surface area is 223 Å². The van der Waals surface area contributed by atoms with Gasteiger partial charge in [-0.15, -0.1) is 5.10 Å². The van der Waals surface area contributed by atoms with Crippen molar-refractivity contribution in [3.8, 4) is 16.9 Å². The molecule has 5 rings (SSSR count). The van der Waals surface area contributed by atoms with E-state index in [2.05, 4.69) is 25.7 Å². The highest BCUT2D eigenvalue weighted by Gasteiger charge is 2.22. The van der Waals surface area contributed by atoms with Gasteiger partial charge in [0.15, 0.2) is 5.15 Å². The van der Waals surface area contributed by atoms with Crippen molar-refractivity contribution in [1.82, 2.24) is 34.3 Å². The molecule has 38 heavy (non-hydrogen) atoms. The van der Waals surface area contributed by atoms with Crippen molar-refractivity contribution in [3.05, 3.63) is 81.7 Å². The molecule has 1 N–H and O–H groups in total. The van der Waals surface area contributed by atoms with Gasteiger partial charge in [-0.05, 0) is 42.8 Å². The number of alkyl halides is 2. The molecule has 0 aliphatic rings. The maximum atomic E-state index is 13.1. The highest BCUT2D eigenvalue weighted by Crippen LogP contribution is 2.28. The predicted octanol–water partition coefficient (Wildman–Crippen LogP) is 5.13. The van der Waals surface area contributed by atoms with Crippen molar-refractivity contribution in [2.45, 2.75) is 25.9 Å². The Hall–Kier alpha value is -4.16. The van der Waals surface area contributed by atoms with Gasteiger partial charge in [0, 0.05) is 27.7 Å². The minimum absolute atomic E-state index is 0.188. The second-order valence-electron chi connectivity index (χ2n) is 8.22. The molecule has 0 spiro atoms. The molecule has 0 aliphatic carbocycles. The third-order valence-electron chi connectivity index (χ3n) is 5.86. The number of rotatable bonds is 7. The van der Waals surface area contributed by atoms with Crippen LogP contribution in [0, 0.1) is 0 Å². The van der Waals surface area contributed by atoms with Crippen molar-refractivity contribution in [2.24, 2.45) is 0 Å². The number of benzene rings is 2. The fourth-order valence-corrected chi connectivity index (χ4v) is 4.38. The molecule has 194 valence electrons. The van der Waals surface area contributed by atoms with Gasteiger partial charge in [-0.25, -0.2) is 14.3 Å². The molecule has 1 amide bonds. The van der Waals surface area contributed by atoms with E-state index in [4.69, 9.17) is 23.2 Å².